The zero-order chi connectivity index (χ0) is 21.4. The molecule has 1 aromatic carbocycles. The number of rotatable bonds is 3. The van der Waals surface area contributed by atoms with Crippen molar-refractivity contribution in [3.05, 3.63) is 76.5 Å². The van der Waals surface area contributed by atoms with E-state index in [2.05, 4.69) is 9.97 Å². The average Bonchev–Trinajstić information content (AvgIpc) is 3.22. The Balaban J connectivity index is 1.49. The summed E-state index contributed by atoms with van der Waals surface area (Å²) in [5.41, 5.74) is 0.238. The fourth-order valence-electron chi connectivity index (χ4n) is 5.09. The van der Waals surface area contributed by atoms with E-state index >= 15 is 0 Å². The van der Waals surface area contributed by atoms with Crippen molar-refractivity contribution in [2.24, 2.45) is 0 Å². The predicted molar refractivity (Wildman–Crippen MR) is 116 cm³/mol. The molecule has 2 aromatic heterocycles. The Labute approximate surface area is 179 Å². The number of carbonyl (C=O) groups is 2. The summed E-state index contributed by atoms with van der Waals surface area (Å²) >= 11 is 0. The van der Waals surface area contributed by atoms with Crippen LogP contribution in [0.3, 0.4) is 0 Å². The summed E-state index contributed by atoms with van der Waals surface area (Å²) in [6, 6.07) is 12.8. The summed E-state index contributed by atoms with van der Waals surface area (Å²) in [6.07, 6.45) is 6.17. The number of H-pyrrole nitrogens is 1. The first-order valence-electron chi connectivity index (χ1n) is 10.7. The third-order valence-corrected chi connectivity index (χ3v) is 6.56. The Morgan fingerprint density at radius 1 is 1.00 bits per heavy atom. The van der Waals surface area contributed by atoms with Crippen molar-refractivity contribution in [1.82, 2.24) is 19.8 Å². The lowest BCUT2D eigenvalue weighted by Gasteiger charge is -2.44. The SMILES string of the molecule is O=C(c1c[nH]c(=O)c2ccccc12)N1CCCC12CCCN(Cc1ccccn1)C2=O. The first-order chi connectivity index (χ1) is 15.1. The van der Waals surface area contributed by atoms with Crippen LogP contribution < -0.4 is 5.56 Å². The molecule has 7 nitrogen and oxygen atoms in total. The minimum Gasteiger partial charge on any atom is -0.335 e. The lowest BCUT2D eigenvalue weighted by molar-refractivity contribution is -0.146. The summed E-state index contributed by atoms with van der Waals surface area (Å²) in [7, 11) is 0. The molecule has 31 heavy (non-hydrogen) atoms. The van der Waals surface area contributed by atoms with E-state index in [0.717, 1.165) is 18.5 Å². The molecule has 1 spiro atoms. The molecule has 0 aliphatic carbocycles. The van der Waals surface area contributed by atoms with Gasteiger partial charge in [0.15, 0.2) is 0 Å². The maximum Gasteiger partial charge on any atom is 0.256 e. The molecule has 0 bridgehead atoms. The van der Waals surface area contributed by atoms with Gasteiger partial charge in [0.05, 0.1) is 17.8 Å². The van der Waals surface area contributed by atoms with Crippen LogP contribution >= 0.6 is 0 Å². The van der Waals surface area contributed by atoms with E-state index in [1.54, 1.807) is 29.3 Å². The highest BCUT2D eigenvalue weighted by Gasteiger charge is 2.53. The minimum absolute atomic E-state index is 0.00369. The fraction of sp³-hybridized carbons (Fsp3) is 0.333. The topological polar surface area (TPSA) is 86.4 Å². The number of aromatic amines is 1. The molecule has 3 aromatic rings. The van der Waals surface area contributed by atoms with E-state index in [1.165, 1.54) is 6.20 Å². The van der Waals surface area contributed by atoms with E-state index in [-0.39, 0.29) is 17.4 Å². The van der Waals surface area contributed by atoms with E-state index in [4.69, 9.17) is 0 Å². The molecule has 158 valence electrons. The van der Waals surface area contributed by atoms with Gasteiger partial charge in [-0.05, 0) is 43.9 Å². The van der Waals surface area contributed by atoms with Gasteiger partial charge in [-0.15, -0.1) is 0 Å². The summed E-state index contributed by atoms with van der Waals surface area (Å²) < 4.78 is 0. The van der Waals surface area contributed by atoms with Crippen LogP contribution in [0, 0.1) is 0 Å². The largest absolute Gasteiger partial charge is 0.335 e. The zero-order valence-corrected chi connectivity index (χ0v) is 17.2. The predicted octanol–water partition coefficient (Wildman–Crippen LogP) is 2.72. The number of hydrogen-bond acceptors (Lipinski definition) is 4. The maximum atomic E-state index is 13.7. The lowest BCUT2D eigenvalue weighted by atomic mass is 9.84. The van der Waals surface area contributed by atoms with Gasteiger partial charge in [0, 0.05) is 36.3 Å². The number of hydrogen-bond donors (Lipinski definition) is 1. The molecule has 2 aliphatic heterocycles. The average molecular weight is 416 g/mol. The second kappa shape index (κ2) is 7.65. The fourth-order valence-corrected chi connectivity index (χ4v) is 5.09. The van der Waals surface area contributed by atoms with E-state index in [1.807, 2.05) is 29.2 Å². The third kappa shape index (κ3) is 3.21. The number of fused-ring (bicyclic) bond motifs is 1. The van der Waals surface area contributed by atoms with Crippen molar-refractivity contribution in [2.45, 2.75) is 37.8 Å². The summed E-state index contributed by atoms with van der Waals surface area (Å²) in [4.78, 5) is 50.2. The normalized spacial score (nSPS) is 21.2. The summed E-state index contributed by atoms with van der Waals surface area (Å²) in [5.74, 6) is -0.193. The Bertz CT molecular complexity index is 1210. The second-order valence-corrected chi connectivity index (χ2v) is 8.32. The molecule has 1 N–H and O–H groups in total. The van der Waals surface area contributed by atoms with Crippen LogP contribution in [0.4, 0.5) is 0 Å². The van der Waals surface area contributed by atoms with E-state index in [9.17, 15) is 14.4 Å². The molecule has 0 radical (unpaired) electrons. The van der Waals surface area contributed by atoms with Crippen molar-refractivity contribution in [3.8, 4) is 0 Å². The number of likely N-dealkylation sites (tertiary alicyclic amines) is 2. The number of carbonyl (C=O) groups excluding carboxylic acids is 2. The maximum absolute atomic E-state index is 13.7. The number of amides is 2. The molecule has 2 amide bonds. The number of aromatic nitrogens is 2. The molecule has 1 unspecified atom stereocenters. The number of pyridine rings is 2. The Morgan fingerprint density at radius 3 is 2.52 bits per heavy atom. The zero-order valence-electron chi connectivity index (χ0n) is 17.2. The summed E-state index contributed by atoms with van der Waals surface area (Å²) in [6.45, 7) is 1.65. The Hall–Kier alpha value is -3.48. The monoisotopic (exact) mass is 416 g/mol. The Kier molecular flexibility index (Phi) is 4.81. The van der Waals surface area contributed by atoms with Gasteiger partial charge >= 0.3 is 0 Å². The number of nitrogens with zero attached hydrogens (tertiary/aromatic N) is 3. The molecule has 7 heteroatoms. The van der Waals surface area contributed by atoms with Gasteiger partial charge in [0.1, 0.15) is 5.54 Å². The highest BCUT2D eigenvalue weighted by atomic mass is 16.2. The molecule has 2 saturated heterocycles. The molecule has 5 rings (SSSR count). The van der Waals surface area contributed by atoms with Crippen molar-refractivity contribution in [1.29, 1.82) is 0 Å². The molecule has 0 saturated carbocycles. The first kappa shape index (κ1) is 19.5. The van der Waals surface area contributed by atoms with Gasteiger partial charge in [0.25, 0.3) is 11.5 Å². The lowest BCUT2D eigenvalue weighted by Crippen LogP contribution is -2.61. The minimum atomic E-state index is -0.818. The van der Waals surface area contributed by atoms with Gasteiger partial charge in [-0.25, -0.2) is 0 Å². The second-order valence-electron chi connectivity index (χ2n) is 8.32. The van der Waals surface area contributed by atoms with Crippen LogP contribution in [-0.2, 0) is 11.3 Å². The highest BCUT2D eigenvalue weighted by molar-refractivity contribution is 6.08. The number of benzene rings is 1. The van der Waals surface area contributed by atoms with Gasteiger partial charge in [-0.1, -0.05) is 24.3 Å². The molecule has 2 aliphatic rings. The van der Waals surface area contributed by atoms with Crippen LogP contribution in [-0.4, -0.2) is 50.2 Å². The molecule has 2 fully saturated rings. The van der Waals surface area contributed by atoms with Crippen LogP contribution in [0.2, 0.25) is 0 Å². The number of piperidine rings is 1. The van der Waals surface area contributed by atoms with Crippen LogP contribution in [0.15, 0.2) is 59.7 Å². The Morgan fingerprint density at radius 2 is 1.74 bits per heavy atom. The highest BCUT2D eigenvalue weighted by Crippen LogP contribution is 2.40. The number of nitrogens with one attached hydrogen (secondary N) is 1. The smallest absolute Gasteiger partial charge is 0.256 e. The first-order valence-corrected chi connectivity index (χ1v) is 10.7. The van der Waals surface area contributed by atoms with Gasteiger partial charge in [-0.3, -0.25) is 19.4 Å². The van der Waals surface area contributed by atoms with E-state index < -0.39 is 5.54 Å². The van der Waals surface area contributed by atoms with Crippen LogP contribution in [0.25, 0.3) is 10.8 Å². The third-order valence-electron chi connectivity index (χ3n) is 6.56. The van der Waals surface area contributed by atoms with Crippen molar-refractivity contribution >= 4 is 22.6 Å². The molecular formula is C24H24N4O3. The quantitative estimate of drug-likeness (QED) is 0.711. The molecule has 4 heterocycles. The van der Waals surface area contributed by atoms with Crippen LogP contribution in [0.5, 0.6) is 0 Å². The molecule has 1 atom stereocenters. The molecular weight excluding hydrogens is 392 g/mol. The van der Waals surface area contributed by atoms with Crippen LogP contribution in [0.1, 0.15) is 41.7 Å². The van der Waals surface area contributed by atoms with Gasteiger partial charge in [0.2, 0.25) is 5.91 Å². The van der Waals surface area contributed by atoms with Gasteiger partial charge in [-0.2, -0.15) is 0 Å². The van der Waals surface area contributed by atoms with Crippen molar-refractivity contribution < 1.29 is 9.59 Å². The van der Waals surface area contributed by atoms with Crippen molar-refractivity contribution in [2.75, 3.05) is 13.1 Å². The van der Waals surface area contributed by atoms with Gasteiger partial charge < -0.3 is 14.8 Å². The standard InChI is InChI=1S/C24H24N4O3/c29-21-19-9-2-1-8-18(19)20(15-26-21)22(30)28-14-6-11-24(28)10-5-13-27(23(24)31)16-17-7-3-4-12-25-17/h1-4,7-9,12,15H,5-6,10-11,13-14,16H2,(H,26,29). The van der Waals surface area contributed by atoms with Crippen molar-refractivity contribution in [3.63, 3.8) is 0 Å². The summed E-state index contributed by atoms with van der Waals surface area (Å²) in [5, 5.41) is 1.10. The van der Waals surface area contributed by atoms with E-state index in [0.29, 0.717) is 48.8 Å².